The highest BCUT2D eigenvalue weighted by Gasteiger charge is 2.46. The van der Waals surface area contributed by atoms with Crippen LogP contribution in [0.2, 0.25) is 24.2 Å². The molecule has 0 radical (unpaired) electrons. The van der Waals surface area contributed by atoms with E-state index in [1.54, 1.807) is 17.0 Å². The number of halogens is 1. The Balaban J connectivity index is 1.54. The van der Waals surface area contributed by atoms with Gasteiger partial charge in [-0.2, -0.15) is 0 Å². The maximum atomic E-state index is 13.4. The van der Waals surface area contributed by atoms with E-state index in [4.69, 9.17) is 17.3 Å². The van der Waals surface area contributed by atoms with Gasteiger partial charge in [0.25, 0.3) is 5.91 Å². The Labute approximate surface area is 197 Å². The first-order chi connectivity index (χ1) is 15.6. The molecular formula is C22H28ClN5O4Si. The zero-order valence-electron chi connectivity index (χ0n) is 18.6. The maximum Gasteiger partial charge on any atom is 0.270 e. The first-order valence-corrected chi connectivity index (χ1v) is 14.8. The number of nitrogens with zero attached hydrogens (tertiary/aromatic N) is 1. The molecular weight excluding hydrogens is 462 g/mol. The highest BCUT2D eigenvalue weighted by atomic mass is 35.5. The molecule has 11 heteroatoms. The van der Waals surface area contributed by atoms with Crippen LogP contribution in [0.1, 0.15) is 23.3 Å². The van der Waals surface area contributed by atoms with Gasteiger partial charge in [0.15, 0.2) is 0 Å². The number of aromatic nitrogens is 1. The number of H-pyrrole nitrogens is 1. The van der Waals surface area contributed by atoms with Crippen molar-refractivity contribution in [3.63, 3.8) is 0 Å². The van der Waals surface area contributed by atoms with Crippen LogP contribution in [-0.2, 0) is 14.4 Å². The third-order valence-corrected chi connectivity index (χ3v) is 9.47. The first kappa shape index (κ1) is 23.3. The maximum absolute atomic E-state index is 13.4. The van der Waals surface area contributed by atoms with E-state index in [2.05, 4.69) is 28.7 Å². The largest absolute Gasteiger partial charge is 0.368 e. The molecule has 2 aliphatic rings. The smallest absolute Gasteiger partial charge is 0.270 e. The Morgan fingerprint density at radius 1 is 1.33 bits per heavy atom. The van der Waals surface area contributed by atoms with Gasteiger partial charge in [0.1, 0.15) is 17.8 Å². The second-order valence-electron chi connectivity index (χ2n) is 9.68. The molecule has 0 spiro atoms. The fraction of sp³-hybridized carbons (Fsp3) is 0.455. The molecule has 9 nitrogen and oxygen atoms in total. The molecule has 2 saturated heterocycles. The highest BCUT2D eigenvalue weighted by molar-refractivity contribution is 6.79. The van der Waals surface area contributed by atoms with Crippen molar-refractivity contribution in [2.45, 2.75) is 44.1 Å². The molecule has 0 saturated carbocycles. The minimum atomic E-state index is -1.88. The van der Waals surface area contributed by atoms with E-state index < -0.39 is 32.0 Å². The number of carbonyl (C=O) groups excluding carboxylic acids is 4. The van der Waals surface area contributed by atoms with Crippen LogP contribution < -0.4 is 16.4 Å². The number of hydrogen-bond donors (Lipinski definition) is 4. The zero-order chi connectivity index (χ0) is 23.9. The number of aromatic amines is 1. The number of nitrogens with one attached hydrogen (secondary N) is 3. The Hall–Kier alpha value is -2.85. The molecule has 176 valence electrons. The molecule has 0 unspecified atom stereocenters. The van der Waals surface area contributed by atoms with Crippen molar-refractivity contribution in [1.82, 2.24) is 20.5 Å². The van der Waals surface area contributed by atoms with Gasteiger partial charge in [0.05, 0.1) is 18.6 Å². The third-order valence-electron chi connectivity index (χ3n) is 6.46. The van der Waals surface area contributed by atoms with Gasteiger partial charge in [-0.25, -0.2) is 0 Å². The lowest BCUT2D eigenvalue weighted by molar-refractivity contribution is -0.130. The summed E-state index contributed by atoms with van der Waals surface area (Å²) in [4.78, 5) is 55.3. The normalized spacial score (nSPS) is 22.9. The number of benzene rings is 1. The number of fused-ring (bicyclic) bond motifs is 1. The fourth-order valence-corrected chi connectivity index (χ4v) is 7.87. The van der Waals surface area contributed by atoms with Crippen LogP contribution in [0.5, 0.6) is 0 Å². The van der Waals surface area contributed by atoms with Crippen LogP contribution in [0.4, 0.5) is 0 Å². The second kappa shape index (κ2) is 8.83. The van der Waals surface area contributed by atoms with E-state index in [-0.39, 0.29) is 24.2 Å². The van der Waals surface area contributed by atoms with Gasteiger partial charge < -0.3 is 26.3 Å². The van der Waals surface area contributed by atoms with Gasteiger partial charge in [-0.1, -0.05) is 36.8 Å². The average molecular weight is 490 g/mol. The topological polar surface area (TPSA) is 137 Å². The summed E-state index contributed by atoms with van der Waals surface area (Å²) in [5.74, 6) is -1.91. The Morgan fingerprint density at radius 3 is 2.73 bits per heavy atom. The molecule has 2 aromatic rings. The number of para-hydroxylation sites is 1. The standard InChI is InChI=1S/C22H28ClN5O4Si/c1-33(2)10-17(21(31)27-15(19(24)29)9-13-6-7-25-20(13)30)28(11-33)22(32)16-8-12-4-3-5-14(23)18(12)26-16/h3-5,8,13,15,17,26H,6-7,9-11H2,1-2H3,(H2,24,29)(H,25,30)(H,27,31)/t13-,15-,17+/m0/s1. The number of hydrogen-bond acceptors (Lipinski definition) is 4. The molecule has 3 heterocycles. The molecule has 2 aliphatic heterocycles. The number of amides is 4. The molecule has 4 rings (SSSR count). The molecule has 0 bridgehead atoms. The minimum Gasteiger partial charge on any atom is -0.368 e. The summed E-state index contributed by atoms with van der Waals surface area (Å²) in [6.45, 7) is 4.79. The summed E-state index contributed by atoms with van der Waals surface area (Å²) in [5.41, 5.74) is 6.56. The van der Waals surface area contributed by atoms with E-state index in [0.717, 1.165) is 5.39 Å². The summed E-state index contributed by atoms with van der Waals surface area (Å²) < 4.78 is 0. The van der Waals surface area contributed by atoms with Gasteiger partial charge >= 0.3 is 0 Å². The summed E-state index contributed by atoms with van der Waals surface area (Å²) in [5, 5.41) is 6.77. The lowest BCUT2D eigenvalue weighted by Crippen LogP contribution is -2.52. The molecule has 1 aromatic carbocycles. The zero-order valence-corrected chi connectivity index (χ0v) is 20.4. The Kier molecular flexibility index (Phi) is 6.24. The summed E-state index contributed by atoms with van der Waals surface area (Å²) >= 11 is 6.24. The van der Waals surface area contributed by atoms with Crippen molar-refractivity contribution >= 4 is 54.2 Å². The van der Waals surface area contributed by atoms with Crippen LogP contribution >= 0.6 is 11.6 Å². The van der Waals surface area contributed by atoms with Gasteiger partial charge in [0, 0.05) is 24.0 Å². The first-order valence-electron chi connectivity index (χ1n) is 11.0. The predicted molar refractivity (Wildman–Crippen MR) is 127 cm³/mol. The molecule has 0 aliphatic carbocycles. The van der Waals surface area contributed by atoms with Gasteiger partial charge in [-0.3, -0.25) is 19.2 Å². The van der Waals surface area contributed by atoms with Crippen LogP contribution in [0.15, 0.2) is 24.3 Å². The fourth-order valence-electron chi connectivity index (χ4n) is 4.77. The van der Waals surface area contributed by atoms with E-state index in [1.165, 1.54) is 0 Å². The number of nitrogens with two attached hydrogens (primary N) is 1. The highest BCUT2D eigenvalue weighted by Crippen LogP contribution is 2.30. The molecule has 3 atom stereocenters. The van der Waals surface area contributed by atoms with Gasteiger partial charge in [0.2, 0.25) is 17.7 Å². The van der Waals surface area contributed by atoms with E-state index in [9.17, 15) is 19.2 Å². The molecule has 1 aromatic heterocycles. The monoisotopic (exact) mass is 489 g/mol. The molecule has 5 N–H and O–H groups in total. The minimum absolute atomic E-state index is 0.140. The van der Waals surface area contributed by atoms with Crippen molar-refractivity contribution < 1.29 is 19.2 Å². The van der Waals surface area contributed by atoms with Crippen molar-refractivity contribution in [3.8, 4) is 0 Å². The Morgan fingerprint density at radius 2 is 2.09 bits per heavy atom. The van der Waals surface area contributed by atoms with Crippen LogP contribution in [-0.4, -0.2) is 66.4 Å². The lowest BCUT2D eigenvalue weighted by atomic mass is 9.97. The summed E-state index contributed by atoms with van der Waals surface area (Å²) in [7, 11) is -1.88. The van der Waals surface area contributed by atoms with E-state index >= 15 is 0 Å². The van der Waals surface area contributed by atoms with Crippen LogP contribution in [0.25, 0.3) is 10.9 Å². The molecule has 2 fully saturated rings. The van der Waals surface area contributed by atoms with Gasteiger partial charge in [-0.05, 0) is 31.0 Å². The molecule has 4 amide bonds. The molecule has 33 heavy (non-hydrogen) atoms. The van der Waals surface area contributed by atoms with Crippen LogP contribution in [0, 0.1) is 5.92 Å². The van der Waals surface area contributed by atoms with Gasteiger partial charge in [-0.15, -0.1) is 0 Å². The average Bonchev–Trinajstić information content (AvgIpc) is 3.44. The third kappa shape index (κ3) is 4.76. The van der Waals surface area contributed by atoms with Crippen molar-refractivity contribution in [1.29, 1.82) is 0 Å². The number of rotatable bonds is 6. The van der Waals surface area contributed by atoms with Crippen molar-refractivity contribution in [2.75, 3.05) is 12.7 Å². The second-order valence-corrected chi connectivity index (χ2v) is 15.1. The Bertz CT molecular complexity index is 1130. The van der Waals surface area contributed by atoms with E-state index in [0.29, 0.717) is 41.4 Å². The van der Waals surface area contributed by atoms with Crippen molar-refractivity contribution in [2.24, 2.45) is 11.7 Å². The van der Waals surface area contributed by atoms with Crippen LogP contribution in [0.3, 0.4) is 0 Å². The number of carbonyl (C=O) groups is 4. The SMILES string of the molecule is C[Si]1(C)C[C@H](C(=O)N[C@@H](C[C@@H]2CCNC2=O)C(N)=O)N(C(=O)c2cc3cccc(Cl)c3[nH]2)C1. The predicted octanol–water partition coefficient (Wildman–Crippen LogP) is 1.39. The summed E-state index contributed by atoms with van der Waals surface area (Å²) in [6, 6.07) is 6.03. The van der Waals surface area contributed by atoms with Crippen molar-refractivity contribution in [3.05, 3.63) is 35.0 Å². The summed E-state index contributed by atoms with van der Waals surface area (Å²) in [6.07, 6.45) is 1.25. The lowest BCUT2D eigenvalue weighted by Gasteiger charge is -2.26. The quantitative estimate of drug-likeness (QED) is 0.455. The van der Waals surface area contributed by atoms with E-state index in [1.807, 2.05) is 12.1 Å². The number of primary amides is 1.